The second-order valence-electron chi connectivity index (χ2n) is 8.30. The molecule has 2 heterocycles. The molecule has 5 nitrogen and oxygen atoms in total. The van der Waals surface area contributed by atoms with E-state index in [1.165, 1.54) is 7.11 Å². The van der Waals surface area contributed by atoms with E-state index in [1.807, 2.05) is 41.3 Å². The number of benzene rings is 2. The Labute approximate surface area is 178 Å². The summed E-state index contributed by atoms with van der Waals surface area (Å²) in [4.78, 5) is 27.5. The Bertz CT molecular complexity index is 911. The van der Waals surface area contributed by atoms with Gasteiger partial charge in [0.25, 0.3) is 5.91 Å². The Hall–Kier alpha value is -2.66. The number of hydrogen-bond donors (Lipinski definition) is 0. The van der Waals surface area contributed by atoms with E-state index < -0.39 is 5.41 Å². The van der Waals surface area contributed by atoms with Gasteiger partial charge < -0.3 is 14.4 Å². The van der Waals surface area contributed by atoms with Crippen LogP contribution in [0.2, 0.25) is 0 Å². The van der Waals surface area contributed by atoms with Crippen LogP contribution in [0, 0.1) is 5.41 Å². The molecule has 0 saturated carbocycles. The number of methoxy groups -OCH3 is 1. The lowest BCUT2D eigenvalue weighted by atomic mass is 9.74. The number of likely N-dealkylation sites (tertiary alicyclic amines) is 1. The molecule has 2 fully saturated rings. The molecule has 2 aromatic carbocycles. The van der Waals surface area contributed by atoms with Crippen molar-refractivity contribution in [1.82, 2.24) is 4.90 Å². The smallest absolute Gasteiger partial charge is 0.312 e. The fourth-order valence-electron chi connectivity index (χ4n) is 4.67. The largest absolute Gasteiger partial charge is 0.469 e. The van der Waals surface area contributed by atoms with Crippen LogP contribution in [0.1, 0.15) is 41.6 Å². The lowest BCUT2D eigenvalue weighted by molar-refractivity contribution is -0.158. The van der Waals surface area contributed by atoms with Gasteiger partial charge >= 0.3 is 5.97 Å². The fourth-order valence-corrected chi connectivity index (χ4v) is 4.67. The third-order valence-electron chi connectivity index (χ3n) is 6.43. The van der Waals surface area contributed by atoms with Crippen molar-refractivity contribution in [2.75, 3.05) is 33.4 Å². The summed E-state index contributed by atoms with van der Waals surface area (Å²) in [7, 11) is 1.46. The molecule has 5 heteroatoms. The van der Waals surface area contributed by atoms with Crippen LogP contribution < -0.4 is 0 Å². The van der Waals surface area contributed by atoms with Crippen molar-refractivity contribution in [1.29, 1.82) is 0 Å². The summed E-state index contributed by atoms with van der Waals surface area (Å²) in [5.74, 6) is -0.0687. The minimum atomic E-state index is -0.563. The molecule has 2 aromatic rings. The number of ether oxygens (including phenoxy) is 2. The highest BCUT2D eigenvalue weighted by molar-refractivity contribution is 5.95. The molecule has 0 spiro atoms. The number of esters is 1. The molecule has 2 aliphatic heterocycles. The van der Waals surface area contributed by atoms with Crippen LogP contribution in [-0.4, -0.2) is 50.2 Å². The summed E-state index contributed by atoms with van der Waals surface area (Å²) < 4.78 is 10.7. The lowest BCUT2D eigenvalue weighted by Crippen LogP contribution is -2.40. The van der Waals surface area contributed by atoms with Crippen molar-refractivity contribution in [3.8, 4) is 11.1 Å². The molecule has 0 bridgehead atoms. The van der Waals surface area contributed by atoms with Crippen LogP contribution in [0.5, 0.6) is 0 Å². The zero-order chi connectivity index (χ0) is 21.0. The van der Waals surface area contributed by atoms with E-state index in [0.717, 1.165) is 48.2 Å². The Morgan fingerprint density at radius 3 is 2.50 bits per heavy atom. The highest BCUT2D eigenvalue weighted by Crippen LogP contribution is 2.38. The van der Waals surface area contributed by atoms with Gasteiger partial charge in [-0.1, -0.05) is 36.4 Å². The summed E-state index contributed by atoms with van der Waals surface area (Å²) in [5, 5.41) is 0. The van der Waals surface area contributed by atoms with E-state index in [2.05, 4.69) is 12.1 Å². The number of hydrogen-bond acceptors (Lipinski definition) is 4. The van der Waals surface area contributed by atoms with Gasteiger partial charge in [0, 0.05) is 31.9 Å². The summed E-state index contributed by atoms with van der Waals surface area (Å²) >= 11 is 0. The summed E-state index contributed by atoms with van der Waals surface area (Å²) in [6.45, 7) is 2.81. The monoisotopic (exact) mass is 407 g/mol. The van der Waals surface area contributed by atoms with Crippen molar-refractivity contribution >= 4 is 11.9 Å². The van der Waals surface area contributed by atoms with Crippen LogP contribution in [0.15, 0.2) is 48.5 Å². The summed E-state index contributed by atoms with van der Waals surface area (Å²) in [6, 6.07) is 16.0. The van der Waals surface area contributed by atoms with E-state index in [9.17, 15) is 9.59 Å². The van der Waals surface area contributed by atoms with Crippen molar-refractivity contribution in [3.63, 3.8) is 0 Å². The minimum absolute atomic E-state index is 0.0993. The summed E-state index contributed by atoms with van der Waals surface area (Å²) in [6.07, 6.45) is 4.06. The zero-order valence-corrected chi connectivity index (χ0v) is 17.6. The molecule has 2 aliphatic rings. The maximum absolute atomic E-state index is 12.9. The number of carbonyl (C=O) groups is 2. The van der Waals surface area contributed by atoms with E-state index in [-0.39, 0.29) is 11.9 Å². The predicted octanol–water partition coefficient (Wildman–Crippen LogP) is 4.10. The summed E-state index contributed by atoms with van der Waals surface area (Å²) in [5.41, 5.74) is 3.31. The molecule has 0 unspecified atom stereocenters. The zero-order valence-electron chi connectivity index (χ0n) is 17.6. The molecule has 0 N–H and O–H groups in total. The molecule has 2 saturated heterocycles. The van der Waals surface area contributed by atoms with Gasteiger partial charge in [0.15, 0.2) is 0 Å². The minimum Gasteiger partial charge on any atom is -0.469 e. The van der Waals surface area contributed by atoms with Crippen LogP contribution in [-0.2, 0) is 20.7 Å². The lowest BCUT2D eigenvalue weighted by Gasteiger charge is -2.35. The van der Waals surface area contributed by atoms with Crippen molar-refractivity contribution in [2.45, 2.75) is 32.1 Å². The van der Waals surface area contributed by atoms with Gasteiger partial charge in [0.05, 0.1) is 12.5 Å². The molecule has 4 rings (SSSR count). The highest BCUT2D eigenvalue weighted by atomic mass is 16.5. The maximum atomic E-state index is 12.9. The SMILES string of the molecule is COC(=O)C1(Cc2ccccc2-c2cccc(C(=O)N3CCCC3)c2)CCOCC1. The third kappa shape index (κ3) is 4.12. The van der Waals surface area contributed by atoms with Crippen LogP contribution >= 0.6 is 0 Å². The van der Waals surface area contributed by atoms with Gasteiger partial charge in [-0.15, -0.1) is 0 Å². The molecule has 0 aliphatic carbocycles. The maximum Gasteiger partial charge on any atom is 0.312 e. The first-order chi connectivity index (χ1) is 14.6. The molecule has 30 heavy (non-hydrogen) atoms. The van der Waals surface area contributed by atoms with Crippen LogP contribution in [0.4, 0.5) is 0 Å². The van der Waals surface area contributed by atoms with Crippen LogP contribution in [0.25, 0.3) is 11.1 Å². The fraction of sp³-hybridized carbons (Fsp3) is 0.440. The molecular formula is C25H29NO4. The van der Waals surface area contributed by atoms with Gasteiger partial charge in [-0.25, -0.2) is 0 Å². The molecule has 1 amide bonds. The average molecular weight is 408 g/mol. The quantitative estimate of drug-likeness (QED) is 0.700. The van der Waals surface area contributed by atoms with Gasteiger partial charge in [-0.05, 0) is 60.9 Å². The van der Waals surface area contributed by atoms with Gasteiger partial charge in [-0.3, -0.25) is 9.59 Å². The Morgan fingerprint density at radius 1 is 1.03 bits per heavy atom. The standard InChI is InChI=1S/C25H29NO4/c1-29-24(28)25(11-15-30-16-12-25)18-21-7-2-3-10-22(21)19-8-6-9-20(17-19)23(27)26-13-4-5-14-26/h2-3,6-10,17H,4-5,11-16,18H2,1H3. The van der Waals surface area contributed by atoms with E-state index >= 15 is 0 Å². The van der Waals surface area contributed by atoms with Gasteiger partial charge in [-0.2, -0.15) is 0 Å². The first-order valence-electron chi connectivity index (χ1n) is 10.8. The first-order valence-corrected chi connectivity index (χ1v) is 10.8. The highest BCUT2D eigenvalue weighted by Gasteiger charge is 2.41. The van der Waals surface area contributed by atoms with E-state index in [1.54, 1.807) is 0 Å². The molecular weight excluding hydrogens is 378 g/mol. The molecule has 158 valence electrons. The second kappa shape index (κ2) is 9.00. The average Bonchev–Trinajstić information content (AvgIpc) is 3.34. The molecule has 0 aromatic heterocycles. The van der Waals surface area contributed by atoms with Crippen LogP contribution in [0.3, 0.4) is 0 Å². The number of nitrogens with zero attached hydrogens (tertiary/aromatic N) is 1. The molecule has 0 atom stereocenters. The Morgan fingerprint density at radius 2 is 1.77 bits per heavy atom. The number of rotatable bonds is 5. The topological polar surface area (TPSA) is 55.8 Å². The normalized spacial score (nSPS) is 18.2. The molecule has 0 radical (unpaired) electrons. The third-order valence-corrected chi connectivity index (χ3v) is 6.43. The van der Waals surface area contributed by atoms with Crippen molar-refractivity contribution < 1.29 is 19.1 Å². The number of carbonyl (C=O) groups excluding carboxylic acids is 2. The van der Waals surface area contributed by atoms with E-state index in [4.69, 9.17) is 9.47 Å². The van der Waals surface area contributed by atoms with Gasteiger partial charge in [0.1, 0.15) is 0 Å². The second-order valence-corrected chi connectivity index (χ2v) is 8.30. The number of amides is 1. The Kier molecular flexibility index (Phi) is 6.18. The predicted molar refractivity (Wildman–Crippen MR) is 115 cm³/mol. The van der Waals surface area contributed by atoms with E-state index in [0.29, 0.717) is 32.5 Å². The van der Waals surface area contributed by atoms with Gasteiger partial charge in [0.2, 0.25) is 0 Å². The van der Waals surface area contributed by atoms with Crippen molar-refractivity contribution in [3.05, 3.63) is 59.7 Å². The Balaban J connectivity index is 1.66. The first kappa shape index (κ1) is 20.6. The van der Waals surface area contributed by atoms with Crippen molar-refractivity contribution in [2.24, 2.45) is 5.41 Å².